The molecule has 2 heterocycles. The molecule has 0 aromatic heterocycles. The van der Waals surface area contributed by atoms with E-state index < -0.39 is 12.0 Å². The number of benzene rings is 2. The minimum atomic E-state index is -0.687. The van der Waals surface area contributed by atoms with E-state index in [1.165, 1.54) is 43.7 Å². The Labute approximate surface area is 245 Å². The van der Waals surface area contributed by atoms with Crippen molar-refractivity contribution in [2.45, 2.75) is 83.1 Å². The number of nitriles is 1. The number of carboxylic acid groups (broad SMARTS) is 1. The molecule has 1 N–H and O–H groups in total. The van der Waals surface area contributed by atoms with Crippen molar-refractivity contribution < 1.29 is 14.3 Å². The summed E-state index contributed by atoms with van der Waals surface area (Å²) in [5, 5.41) is 19.4. The number of likely N-dealkylation sites (tertiary alicyclic amines) is 2. The van der Waals surface area contributed by atoms with Crippen LogP contribution in [0.15, 0.2) is 42.5 Å². The predicted octanol–water partition coefficient (Wildman–Crippen LogP) is 6.79. The van der Waals surface area contributed by atoms with Gasteiger partial charge in [-0.25, -0.2) is 4.39 Å². The minimum absolute atomic E-state index is 0.157. The van der Waals surface area contributed by atoms with Gasteiger partial charge in [-0.05, 0) is 111 Å². The van der Waals surface area contributed by atoms with Crippen LogP contribution in [-0.2, 0) is 11.2 Å². The van der Waals surface area contributed by atoms with Crippen molar-refractivity contribution in [2.75, 3.05) is 32.7 Å². The Kier molecular flexibility index (Phi) is 10.1. The molecule has 1 saturated carbocycles. The summed E-state index contributed by atoms with van der Waals surface area (Å²) in [5.74, 6) is 0.527. The monoisotopic (exact) mass is 559 g/mol. The topological polar surface area (TPSA) is 67.6 Å². The first-order valence-electron chi connectivity index (χ1n) is 15.9. The van der Waals surface area contributed by atoms with Crippen LogP contribution >= 0.6 is 0 Å². The number of hydrogen-bond acceptors (Lipinski definition) is 4. The van der Waals surface area contributed by atoms with Crippen molar-refractivity contribution in [1.82, 2.24) is 9.80 Å². The first-order chi connectivity index (χ1) is 19.9. The Morgan fingerprint density at radius 2 is 1.85 bits per heavy atom. The van der Waals surface area contributed by atoms with Gasteiger partial charge >= 0.3 is 5.97 Å². The van der Waals surface area contributed by atoms with Gasteiger partial charge in [-0.15, -0.1) is 0 Å². The normalized spacial score (nSPS) is 23.8. The van der Waals surface area contributed by atoms with Crippen LogP contribution in [0, 0.1) is 41.8 Å². The number of hydrogen-bond donors (Lipinski definition) is 1. The predicted molar refractivity (Wildman–Crippen MR) is 160 cm³/mol. The largest absolute Gasteiger partial charge is 0.480 e. The van der Waals surface area contributed by atoms with Crippen LogP contribution in [0.25, 0.3) is 0 Å². The number of nitrogens with zero attached hydrogens (tertiary/aromatic N) is 3. The lowest BCUT2D eigenvalue weighted by molar-refractivity contribution is -0.145. The van der Waals surface area contributed by atoms with Crippen molar-refractivity contribution in [3.05, 3.63) is 70.5 Å². The van der Waals surface area contributed by atoms with E-state index in [1.54, 1.807) is 12.1 Å². The van der Waals surface area contributed by atoms with Gasteiger partial charge in [0.2, 0.25) is 0 Å². The number of rotatable bonds is 10. The van der Waals surface area contributed by atoms with Crippen molar-refractivity contribution in [3.63, 3.8) is 0 Å². The van der Waals surface area contributed by atoms with Gasteiger partial charge in [0.25, 0.3) is 0 Å². The number of piperidine rings is 1. The Hall–Kier alpha value is -2.75. The van der Waals surface area contributed by atoms with E-state index in [2.05, 4.69) is 28.0 Å². The van der Waals surface area contributed by atoms with Crippen LogP contribution in [0.1, 0.15) is 86.0 Å². The van der Waals surface area contributed by atoms with Crippen LogP contribution < -0.4 is 0 Å². The zero-order valence-electron chi connectivity index (χ0n) is 24.6. The van der Waals surface area contributed by atoms with Crippen molar-refractivity contribution in [1.29, 1.82) is 5.26 Å². The molecule has 2 aliphatic heterocycles. The molecule has 1 aliphatic carbocycles. The highest BCUT2D eigenvalue weighted by Gasteiger charge is 2.43. The second-order valence-corrected chi connectivity index (χ2v) is 13.0. The van der Waals surface area contributed by atoms with E-state index in [1.807, 2.05) is 19.1 Å². The maximum absolute atomic E-state index is 14.3. The molecule has 2 saturated heterocycles. The van der Waals surface area contributed by atoms with Crippen LogP contribution in [0.5, 0.6) is 0 Å². The van der Waals surface area contributed by atoms with E-state index in [0.29, 0.717) is 12.5 Å². The van der Waals surface area contributed by atoms with E-state index >= 15 is 0 Å². The molecule has 0 amide bonds. The van der Waals surface area contributed by atoms with Gasteiger partial charge in [-0.2, -0.15) is 5.26 Å². The highest BCUT2D eigenvalue weighted by molar-refractivity contribution is 5.74. The third-order valence-electron chi connectivity index (χ3n) is 10.2. The van der Waals surface area contributed by atoms with Crippen LogP contribution in [-0.4, -0.2) is 59.6 Å². The quantitative estimate of drug-likeness (QED) is 0.347. The number of aryl methyl sites for hydroxylation is 2. The standard InChI is InChI=1S/C35H46FN3O2/c1-25-19-27(13-14-30(25)21-37)8-5-7-26-15-17-38(18-16-26)22-31-23-39(24-33(31)29-11-6-12-32(36)20-29)34(35(40)41)28-9-3-2-4-10-28/h6,11-14,19-20,26,28,31,33-34H,2-5,7-10,15-18,22-24H2,1H3,(H,40,41)/t31-,33+,34+/m0/s1. The molecule has 2 aromatic rings. The molecule has 0 bridgehead atoms. The smallest absolute Gasteiger partial charge is 0.321 e. The van der Waals surface area contributed by atoms with Crippen LogP contribution in [0.4, 0.5) is 4.39 Å². The fraction of sp³-hybridized carbons (Fsp3) is 0.600. The zero-order valence-corrected chi connectivity index (χ0v) is 24.6. The molecule has 220 valence electrons. The summed E-state index contributed by atoms with van der Waals surface area (Å²) in [7, 11) is 0. The van der Waals surface area contributed by atoms with Crippen LogP contribution in [0.2, 0.25) is 0 Å². The molecule has 0 spiro atoms. The van der Waals surface area contributed by atoms with Crippen molar-refractivity contribution >= 4 is 5.97 Å². The highest BCUT2D eigenvalue weighted by Crippen LogP contribution is 2.39. The fourth-order valence-corrected chi connectivity index (χ4v) is 7.93. The first kappa shape index (κ1) is 29.7. The van der Waals surface area contributed by atoms with Crippen molar-refractivity contribution in [3.8, 4) is 6.07 Å². The average molecular weight is 560 g/mol. The summed E-state index contributed by atoms with van der Waals surface area (Å²) < 4.78 is 14.3. The van der Waals surface area contributed by atoms with E-state index in [-0.39, 0.29) is 17.7 Å². The maximum Gasteiger partial charge on any atom is 0.321 e. The molecule has 3 aliphatic rings. The molecule has 0 radical (unpaired) electrons. The molecule has 3 atom stereocenters. The van der Waals surface area contributed by atoms with Gasteiger partial charge in [-0.1, -0.05) is 49.9 Å². The summed E-state index contributed by atoms with van der Waals surface area (Å²) in [6.45, 7) is 6.60. The fourth-order valence-electron chi connectivity index (χ4n) is 7.93. The van der Waals surface area contributed by atoms with Gasteiger partial charge in [0.05, 0.1) is 11.6 Å². The summed E-state index contributed by atoms with van der Waals surface area (Å²) in [4.78, 5) is 17.3. The zero-order chi connectivity index (χ0) is 28.8. The Morgan fingerprint density at radius 3 is 2.54 bits per heavy atom. The van der Waals surface area contributed by atoms with Gasteiger partial charge in [0.1, 0.15) is 11.9 Å². The average Bonchev–Trinajstić information content (AvgIpc) is 3.37. The molecule has 5 nitrogen and oxygen atoms in total. The Morgan fingerprint density at radius 1 is 1.07 bits per heavy atom. The minimum Gasteiger partial charge on any atom is -0.480 e. The molecular formula is C35H46FN3O2. The molecule has 3 fully saturated rings. The second-order valence-electron chi connectivity index (χ2n) is 13.0. The van der Waals surface area contributed by atoms with Gasteiger partial charge in [0, 0.05) is 25.6 Å². The van der Waals surface area contributed by atoms with Gasteiger partial charge in [0.15, 0.2) is 0 Å². The van der Waals surface area contributed by atoms with E-state index in [0.717, 1.165) is 80.9 Å². The molecule has 2 aromatic carbocycles. The second kappa shape index (κ2) is 13.9. The molecule has 6 heteroatoms. The van der Waals surface area contributed by atoms with Crippen LogP contribution in [0.3, 0.4) is 0 Å². The van der Waals surface area contributed by atoms with Gasteiger partial charge < -0.3 is 10.0 Å². The van der Waals surface area contributed by atoms with Crippen molar-refractivity contribution in [2.24, 2.45) is 17.8 Å². The Balaban J connectivity index is 1.17. The summed E-state index contributed by atoms with van der Waals surface area (Å²) in [6, 6.07) is 15.0. The Bertz CT molecular complexity index is 1210. The molecular weight excluding hydrogens is 513 g/mol. The molecule has 0 unspecified atom stereocenters. The highest BCUT2D eigenvalue weighted by atomic mass is 19.1. The number of halogens is 1. The summed E-state index contributed by atoms with van der Waals surface area (Å²) in [5.41, 5.74) is 4.16. The lowest BCUT2D eigenvalue weighted by Gasteiger charge is -2.35. The van der Waals surface area contributed by atoms with E-state index in [9.17, 15) is 14.3 Å². The number of carbonyl (C=O) groups is 1. The van der Waals surface area contributed by atoms with Gasteiger partial charge in [-0.3, -0.25) is 9.69 Å². The summed E-state index contributed by atoms with van der Waals surface area (Å²) in [6.07, 6.45) is 11.3. The third kappa shape index (κ3) is 7.56. The first-order valence-corrected chi connectivity index (χ1v) is 15.9. The summed E-state index contributed by atoms with van der Waals surface area (Å²) >= 11 is 0. The lowest BCUT2D eigenvalue weighted by Crippen LogP contribution is -2.46. The molecule has 5 rings (SSSR count). The van der Waals surface area contributed by atoms with E-state index in [4.69, 9.17) is 5.26 Å². The SMILES string of the molecule is Cc1cc(CCCC2CCN(C[C@H]3CN([C@@H](C(=O)O)C4CCCCC4)C[C@@H]3c3cccc(F)c3)CC2)ccc1C#N. The third-order valence-corrected chi connectivity index (χ3v) is 10.2. The molecule has 41 heavy (non-hydrogen) atoms. The number of carboxylic acids is 1. The number of aliphatic carboxylic acids is 1. The lowest BCUT2D eigenvalue weighted by atomic mass is 9.83. The maximum atomic E-state index is 14.3.